The maximum Gasteiger partial charge on any atom is 0.416 e. The molecule has 4 nitrogen and oxygen atoms in total. The molecule has 2 aromatic carbocycles. The number of likely N-dealkylation sites (tertiary alicyclic amines) is 1. The largest absolute Gasteiger partial charge is 0.508 e. The minimum atomic E-state index is -4.41. The standard InChI is InChI=1S/C21H23F3N2O2/c1-14(17-3-2-4-18(13-17)21(22,23)24)25-20(28)26-11-9-16(10-12-26)15-5-7-19(27)8-6-15/h2-8,13-14,16,27H,9-12H2,1H3,(H,25,28)/t14-/m1/s1. The minimum absolute atomic E-state index is 0.226. The highest BCUT2D eigenvalue weighted by Gasteiger charge is 2.31. The molecule has 0 bridgehead atoms. The van der Waals surface area contributed by atoms with E-state index in [-0.39, 0.29) is 11.8 Å². The van der Waals surface area contributed by atoms with Gasteiger partial charge >= 0.3 is 12.2 Å². The SMILES string of the molecule is C[C@@H](NC(=O)N1CCC(c2ccc(O)cc2)CC1)c1cccc(C(F)(F)F)c1. The Kier molecular flexibility index (Phi) is 5.82. The molecule has 0 spiro atoms. The Balaban J connectivity index is 1.56. The lowest BCUT2D eigenvalue weighted by Crippen LogP contribution is -2.44. The predicted molar refractivity (Wildman–Crippen MR) is 100 cm³/mol. The second-order valence-electron chi connectivity index (χ2n) is 7.15. The van der Waals surface area contributed by atoms with Gasteiger partial charge in [-0.05, 0) is 61.1 Å². The van der Waals surface area contributed by atoms with Gasteiger partial charge in [0.15, 0.2) is 0 Å². The summed E-state index contributed by atoms with van der Waals surface area (Å²) in [6.07, 6.45) is -2.80. The van der Waals surface area contributed by atoms with Crippen LogP contribution in [0.25, 0.3) is 0 Å². The maximum absolute atomic E-state index is 12.9. The van der Waals surface area contributed by atoms with Gasteiger partial charge in [0, 0.05) is 13.1 Å². The molecule has 3 rings (SSSR count). The fourth-order valence-electron chi connectivity index (χ4n) is 3.51. The van der Waals surface area contributed by atoms with Crippen LogP contribution in [0.2, 0.25) is 0 Å². The number of phenolic OH excluding ortho intramolecular Hbond substituents is 1. The Bertz CT molecular complexity index is 813. The van der Waals surface area contributed by atoms with Gasteiger partial charge in [0.1, 0.15) is 5.75 Å². The van der Waals surface area contributed by atoms with Crippen LogP contribution in [-0.4, -0.2) is 29.1 Å². The molecule has 7 heteroatoms. The number of alkyl halides is 3. The van der Waals surface area contributed by atoms with Crippen molar-refractivity contribution in [2.24, 2.45) is 0 Å². The summed E-state index contributed by atoms with van der Waals surface area (Å²) in [6.45, 7) is 2.83. The molecule has 0 unspecified atom stereocenters. The number of hydrogen-bond donors (Lipinski definition) is 2. The van der Waals surface area contributed by atoms with E-state index in [0.717, 1.165) is 30.5 Å². The third-order valence-electron chi connectivity index (χ3n) is 5.20. The number of urea groups is 1. The van der Waals surface area contributed by atoms with Crippen LogP contribution in [0.1, 0.15) is 48.4 Å². The third-order valence-corrected chi connectivity index (χ3v) is 5.20. The van der Waals surface area contributed by atoms with E-state index in [1.54, 1.807) is 30.0 Å². The zero-order chi connectivity index (χ0) is 20.3. The van der Waals surface area contributed by atoms with Crippen molar-refractivity contribution < 1.29 is 23.1 Å². The highest BCUT2D eigenvalue weighted by Crippen LogP contribution is 2.31. The van der Waals surface area contributed by atoms with Crippen LogP contribution in [0.5, 0.6) is 5.75 Å². The Morgan fingerprint density at radius 1 is 1.14 bits per heavy atom. The summed E-state index contributed by atoms with van der Waals surface area (Å²) in [6, 6.07) is 11.3. The molecule has 1 heterocycles. The number of phenols is 1. The van der Waals surface area contributed by atoms with E-state index in [4.69, 9.17) is 0 Å². The summed E-state index contributed by atoms with van der Waals surface area (Å²) in [7, 11) is 0. The molecule has 1 aliphatic rings. The first-order chi connectivity index (χ1) is 13.2. The molecule has 28 heavy (non-hydrogen) atoms. The van der Waals surface area contributed by atoms with Gasteiger partial charge in [-0.1, -0.05) is 24.3 Å². The van der Waals surface area contributed by atoms with Crippen LogP contribution in [0.3, 0.4) is 0 Å². The lowest BCUT2D eigenvalue weighted by Gasteiger charge is -2.33. The van der Waals surface area contributed by atoms with Crippen LogP contribution in [0.4, 0.5) is 18.0 Å². The average molecular weight is 392 g/mol. The molecule has 150 valence electrons. The second kappa shape index (κ2) is 8.12. The number of rotatable bonds is 3. The van der Waals surface area contributed by atoms with Crippen molar-refractivity contribution in [3.05, 3.63) is 65.2 Å². The van der Waals surface area contributed by atoms with E-state index in [1.807, 2.05) is 12.1 Å². The smallest absolute Gasteiger partial charge is 0.416 e. The summed E-state index contributed by atoms with van der Waals surface area (Å²) in [5, 5.41) is 12.2. The number of aromatic hydroxyl groups is 1. The first kappa shape index (κ1) is 20.0. The number of hydrogen-bond acceptors (Lipinski definition) is 2. The lowest BCUT2D eigenvalue weighted by molar-refractivity contribution is -0.137. The summed E-state index contributed by atoms with van der Waals surface area (Å²) < 4.78 is 38.6. The first-order valence-electron chi connectivity index (χ1n) is 9.25. The molecule has 2 amide bonds. The van der Waals surface area contributed by atoms with Crippen LogP contribution in [0.15, 0.2) is 48.5 Å². The number of nitrogens with one attached hydrogen (secondary N) is 1. The Morgan fingerprint density at radius 3 is 2.39 bits per heavy atom. The molecular weight excluding hydrogens is 369 g/mol. The van der Waals surface area contributed by atoms with E-state index in [0.29, 0.717) is 24.6 Å². The van der Waals surface area contributed by atoms with E-state index in [2.05, 4.69) is 5.32 Å². The fourth-order valence-corrected chi connectivity index (χ4v) is 3.51. The first-order valence-corrected chi connectivity index (χ1v) is 9.25. The molecule has 2 N–H and O–H groups in total. The number of halogens is 3. The normalized spacial score (nSPS) is 16.6. The van der Waals surface area contributed by atoms with Gasteiger partial charge < -0.3 is 15.3 Å². The molecule has 2 aromatic rings. The maximum atomic E-state index is 12.9. The molecule has 1 aliphatic heterocycles. The molecule has 1 fully saturated rings. The zero-order valence-electron chi connectivity index (χ0n) is 15.5. The van der Waals surface area contributed by atoms with Gasteiger partial charge in [-0.15, -0.1) is 0 Å². The Labute approximate surface area is 162 Å². The highest BCUT2D eigenvalue weighted by molar-refractivity contribution is 5.74. The Hall–Kier alpha value is -2.70. The minimum Gasteiger partial charge on any atom is -0.508 e. The van der Waals surface area contributed by atoms with Crippen molar-refractivity contribution in [2.75, 3.05) is 13.1 Å². The van der Waals surface area contributed by atoms with Crippen molar-refractivity contribution in [3.63, 3.8) is 0 Å². The van der Waals surface area contributed by atoms with Gasteiger partial charge in [-0.25, -0.2) is 4.79 Å². The number of amides is 2. The van der Waals surface area contributed by atoms with Crippen molar-refractivity contribution in [1.82, 2.24) is 10.2 Å². The number of nitrogens with zero attached hydrogens (tertiary/aromatic N) is 1. The zero-order valence-corrected chi connectivity index (χ0v) is 15.5. The molecule has 1 saturated heterocycles. The number of carbonyl (C=O) groups is 1. The topological polar surface area (TPSA) is 52.6 Å². The molecule has 0 aliphatic carbocycles. The monoisotopic (exact) mass is 392 g/mol. The van der Waals surface area contributed by atoms with Crippen LogP contribution in [-0.2, 0) is 6.18 Å². The molecular formula is C21H23F3N2O2. The third kappa shape index (κ3) is 4.77. The van der Waals surface area contributed by atoms with E-state index < -0.39 is 17.8 Å². The van der Waals surface area contributed by atoms with Crippen molar-refractivity contribution in [2.45, 2.75) is 37.9 Å². The second-order valence-corrected chi connectivity index (χ2v) is 7.15. The van der Waals surface area contributed by atoms with E-state index >= 15 is 0 Å². The van der Waals surface area contributed by atoms with Gasteiger partial charge in [-0.3, -0.25) is 0 Å². The van der Waals surface area contributed by atoms with Crippen LogP contribution in [0, 0.1) is 0 Å². The van der Waals surface area contributed by atoms with Gasteiger partial charge in [0.25, 0.3) is 0 Å². The number of carbonyl (C=O) groups excluding carboxylic acids is 1. The Morgan fingerprint density at radius 2 is 1.79 bits per heavy atom. The molecule has 0 aromatic heterocycles. The molecule has 1 atom stereocenters. The average Bonchev–Trinajstić information content (AvgIpc) is 2.68. The summed E-state index contributed by atoms with van der Waals surface area (Å²) in [5.41, 5.74) is 0.832. The number of benzene rings is 2. The lowest BCUT2D eigenvalue weighted by atomic mass is 9.89. The highest BCUT2D eigenvalue weighted by atomic mass is 19.4. The molecule has 0 saturated carbocycles. The van der Waals surface area contributed by atoms with Crippen LogP contribution < -0.4 is 5.32 Å². The summed E-state index contributed by atoms with van der Waals surface area (Å²) in [5.74, 6) is 0.551. The fraction of sp³-hybridized carbons (Fsp3) is 0.381. The van der Waals surface area contributed by atoms with E-state index in [1.165, 1.54) is 6.07 Å². The van der Waals surface area contributed by atoms with Gasteiger partial charge in [0.05, 0.1) is 11.6 Å². The number of piperidine rings is 1. The van der Waals surface area contributed by atoms with E-state index in [9.17, 15) is 23.1 Å². The van der Waals surface area contributed by atoms with Crippen molar-refractivity contribution in [3.8, 4) is 5.75 Å². The van der Waals surface area contributed by atoms with Gasteiger partial charge in [0.2, 0.25) is 0 Å². The van der Waals surface area contributed by atoms with Crippen molar-refractivity contribution >= 4 is 6.03 Å². The summed E-state index contributed by atoms with van der Waals surface area (Å²) in [4.78, 5) is 14.2. The van der Waals surface area contributed by atoms with Crippen LogP contribution >= 0.6 is 0 Å². The van der Waals surface area contributed by atoms with Crippen molar-refractivity contribution in [1.29, 1.82) is 0 Å². The molecule has 0 radical (unpaired) electrons. The summed E-state index contributed by atoms with van der Waals surface area (Å²) >= 11 is 0. The predicted octanol–water partition coefficient (Wildman–Crippen LogP) is 5.06. The quantitative estimate of drug-likeness (QED) is 0.767. The van der Waals surface area contributed by atoms with Gasteiger partial charge in [-0.2, -0.15) is 13.2 Å².